The van der Waals surface area contributed by atoms with Gasteiger partial charge in [0.25, 0.3) is 0 Å². The third-order valence-corrected chi connectivity index (χ3v) is 7.06. The van der Waals surface area contributed by atoms with Crippen molar-refractivity contribution < 1.29 is 19.8 Å². The highest BCUT2D eigenvalue weighted by atomic mass is 16.4. The van der Waals surface area contributed by atoms with E-state index in [0.29, 0.717) is 26.2 Å². The summed E-state index contributed by atoms with van der Waals surface area (Å²) in [6.45, 7) is 6.61. The van der Waals surface area contributed by atoms with Gasteiger partial charge in [-0.2, -0.15) is 0 Å². The molecule has 0 radical (unpaired) electrons. The molecule has 0 spiro atoms. The van der Waals surface area contributed by atoms with Gasteiger partial charge < -0.3 is 20.8 Å². The van der Waals surface area contributed by atoms with Gasteiger partial charge in [-0.1, -0.05) is 60.7 Å². The molecule has 1 aliphatic rings. The van der Waals surface area contributed by atoms with Gasteiger partial charge in [-0.25, -0.2) is 0 Å². The molecule has 8 nitrogen and oxygen atoms in total. The van der Waals surface area contributed by atoms with E-state index >= 15 is 0 Å². The first kappa shape index (κ1) is 27.8. The molecule has 4 N–H and O–H groups in total. The number of benzene rings is 2. The molecule has 0 amide bonds. The lowest BCUT2D eigenvalue weighted by Gasteiger charge is -2.35. The second-order valence-corrected chi connectivity index (χ2v) is 9.73. The van der Waals surface area contributed by atoms with Crippen molar-refractivity contribution in [1.82, 2.24) is 20.4 Å². The minimum atomic E-state index is -0.829. The van der Waals surface area contributed by atoms with E-state index in [1.807, 2.05) is 46.2 Å². The molecule has 0 aromatic heterocycles. The molecule has 4 unspecified atom stereocenters. The van der Waals surface area contributed by atoms with Gasteiger partial charge in [-0.05, 0) is 37.8 Å². The Hall–Kier alpha value is -2.78. The van der Waals surface area contributed by atoms with Crippen LogP contribution in [-0.2, 0) is 9.59 Å². The molecule has 196 valence electrons. The van der Waals surface area contributed by atoms with Gasteiger partial charge in [-0.15, -0.1) is 0 Å². The summed E-state index contributed by atoms with van der Waals surface area (Å²) in [5.74, 6) is -1.66. The van der Waals surface area contributed by atoms with Gasteiger partial charge >= 0.3 is 11.9 Å². The van der Waals surface area contributed by atoms with Crippen molar-refractivity contribution in [2.24, 2.45) is 0 Å². The van der Waals surface area contributed by atoms with Crippen molar-refractivity contribution in [2.45, 2.75) is 50.9 Å². The maximum absolute atomic E-state index is 11.7. The van der Waals surface area contributed by atoms with E-state index in [1.165, 1.54) is 0 Å². The number of hydrogen-bond donors (Lipinski definition) is 4. The molecule has 1 fully saturated rings. The van der Waals surface area contributed by atoms with Gasteiger partial charge in [0, 0.05) is 50.3 Å². The summed E-state index contributed by atoms with van der Waals surface area (Å²) >= 11 is 0. The molecule has 4 atom stereocenters. The molecule has 3 rings (SSSR count). The fourth-order valence-corrected chi connectivity index (χ4v) is 5.05. The highest BCUT2D eigenvalue weighted by molar-refractivity contribution is 5.69. The van der Waals surface area contributed by atoms with Crippen molar-refractivity contribution in [3.63, 3.8) is 0 Å². The lowest BCUT2D eigenvalue weighted by molar-refractivity contribution is -0.140. The van der Waals surface area contributed by atoms with Crippen LogP contribution in [-0.4, -0.2) is 83.3 Å². The number of carbonyl (C=O) groups is 2. The number of rotatable bonds is 6. The maximum atomic E-state index is 11.7. The van der Waals surface area contributed by atoms with E-state index in [4.69, 9.17) is 0 Å². The van der Waals surface area contributed by atoms with Crippen LogP contribution in [0.5, 0.6) is 0 Å². The molecular weight excluding hydrogens is 456 g/mol. The molecule has 1 saturated heterocycles. The van der Waals surface area contributed by atoms with E-state index in [0.717, 1.165) is 24.0 Å². The third-order valence-electron chi connectivity index (χ3n) is 7.06. The predicted molar refractivity (Wildman–Crippen MR) is 141 cm³/mol. The molecule has 36 heavy (non-hydrogen) atoms. The van der Waals surface area contributed by atoms with E-state index in [2.05, 4.69) is 48.7 Å². The first-order chi connectivity index (χ1) is 17.3. The Bertz CT molecular complexity index is 866. The molecule has 2 aromatic carbocycles. The Balaban J connectivity index is 1.86. The summed E-state index contributed by atoms with van der Waals surface area (Å²) in [6, 6.07) is 20.5. The Kier molecular flexibility index (Phi) is 10.9. The van der Waals surface area contributed by atoms with E-state index in [1.54, 1.807) is 0 Å². The second-order valence-electron chi connectivity index (χ2n) is 9.73. The van der Waals surface area contributed by atoms with Crippen LogP contribution in [0.1, 0.15) is 49.9 Å². The highest BCUT2D eigenvalue weighted by Crippen LogP contribution is 2.23. The lowest BCUT2D eigenvalue weighted by Crippen LogP contribution is -2.47. The minimum absolute atomic E-state index is 0.0108. The summed E-state index contributed by atoms with van der Waals surface area (Å²) in [7, 11) is 0. The van der Waals surface area contributed by atoms with Crippen LogP contribution in [0.3, 0.4) is 0 Å². The smallest absolute Gasteiger partial charge is 0.317 e. The standard InChI is InChI=1S/C28H40N4O4/c1-21-17-25(23-9-5-3-6-10-23)29-14-16-32(20-28(35)36)22(2)18-26(24-11-7-4-8-12-24)30-13-15-31(21)19-27(33)34/h3-12,21-22,25-26,29-30H,13-20H2,1-2H3,(H,33,34)(H,35,36). The third kappa shape index (κ3) is 8.71. The fraction of sp³-hybridized carbons (Fsp3) is 0.500. The Morgan fingerprint density at radius 2 is 1.08 bits per heavy atom. The molecule has 2 aromatic rings. The van der Waals surface area contributed by atoms with Gasteiger partial charge in [0.1, 0.15) is 0 Å². The first-order valence-corrected chi connectivity index (χ1v) is 12.8. The van der Waals surface area contributed by atoms with Gasteiger partial charge in [-0.3, -0.25) is 19.4 Å². The predicted octanol–water partition coefficient (Wildman–Crippen LogP) is 2.99. The zero-order valence-electron chi connectivity index (χ0n) is 21.3. The van der Waals surface area contributed by atoms with Crippen LogP contribution in [0, 0.1) is 0 Å². The Morgan fingerprint density at radius 1 is 0.722 bits per heavy atom. The van der Waals surface area contributed by atoms with Crippen molar-refractivity contribution in [3.05, 3.63) is 71.8 Å². The molecule has 1 heterocycles. The normalized spacial score (nSPS) is 25.6. The largest absolute Gasteiger partial charge is 0.480 e. The number of carboxylic acids is 2. The summed E-state index contributed by atoms with van der Waals surface area (Å²) < 4.78 is 0. The zero-order chi connectivity index (χ0) is 25.9. The number of nitrogens with zero attached hydrogens (tertiary/aromatic N) is 2. The van der Waals surface area contributed by atoms with Crippen molar-refractivity contribution >= 4 is 11.9 Å². The summed E-state index contributed by atoms with van der Waals surface area (Å²) in [4.78, 5) is 27.4. The average Bonchev–Trinajstić information content (AvgIpc) is 2.86. The topological polar surface area (TPSA) is 105 Å². The van der Waals surface area contributed by atoms with Gasteiger partial charge in [0.15, 0.2) is 0 Å². The summed E-state index contributed by atoms with van der Waals surface area (Å²) in [6.07, 6.45) is 1.49. The van der Waals surface area contributed by atoms with E-state index in [9.17, 15) is 19.8 Å². The van der Waals surface area contributed by atoms with Crippen molar-refractivity contribution in [1.29, 1.82) is 0 Å². The van der Waals surface area contributed by atoms with Crippen LogP contribution in [0.15, 0.2) is 60.7 Å². The first-order valence-electron chi connectivity index (χ1n) is 12.8. The number of hydrogen-bond acceptors (Lipinski definition) is 6. The van der Waals surface area contributed by atoms with Crippen LogP contribution >= 0.6 is 0 Å². The summed E-state index contributed by atoms with van der Waals surface area (Å²) in [5.41, 5.74) is 2.29. The maximum Gasteiger partial charge on any atom is 0.317 e. The van der Waals surface area contributed by atoms with E-state index in [-0.39, 0.29) is 37.3 Å². The van der Waals surface area contributed by atoms with E-state index < -0.39 is 11.9 Å². The number of aliphatic carboxylic acids is 2. The molecule has 0 bridgehead atoms. The Labute approximate surface area is 214 Å². The molecule has 0 saturated carbocycles. The van der Waals surface area contributed by atoms with Crippen LogP contribution < -0.4 is 10.6 Å². The quantitative estimate of drug-likeness (QED) is 0.484. The minimum Gasteiger partial charge on any atom is -0.480 e. The molecule has 8 heteroatoms. The molecule has 1 aliphatic heterocycles. The van der Waals surface area contributed by atoms with Crippen LogP contribution in [0.2, 0.25) is 0 Å². The molecule has 0 aliphatic carbocycles. The second kappa shape index (κ2) is 14.1. The highest BCUT2D eigenvalue weighted by Gasteiger charge is 2.26. The van der Waals surface area contributed by atoms with Crippen LogP contribution in [0.25, 0.3) is 0 Å². The average molecular weight is 497 g/mol. The van der Waals surface area contributed by atoms with Crippen molar-refractivity contribution in [3.8, 4) is 0 Å². The Morgan fingerprint density at radius 3 is 1.42 bits per heavy atom. The van der Waals surface area contributed by atoms with Crippen LogP contribution in [0.4, 0.5) is 0 Å². The number of nitrogens with one attached hydrogen (secondary N) is 2. The SMILES string of the molecule is CC1CC(c2ccccc2)NCCN(CC(=O)O)C(C)CC(c2ccccc2)NCCN1CC(=O)O. The lowest BCUT2D eigenvalue weighted by atomic mass is 9.97. The molecular formula is C28H40N4O4. The van der Waals surface area contributed by atoms with Gasteiger partial charge in [0.05, 0.1) is 13.1 Å². The monoisotopic (exact) mass is 496 g/mol. The van der Waals surface area contributed by atoms with Gasteiger partial charge in [0.2, 0.25) is 0 Å². The zero-order valence-corrected chi connectivity index (χ0v) is 21.3. The fourth-order valence-electron chi connectivity index (χ4n) is 5.05. The van der Waals surface area contributed by atoms with Crippen molar-refractivity contribution in [2.75, 3.05) is 39.3 Å². The number of carboxylic acid groups (broad SMARTS) is 2. The summed E-state index contributed by atoms with van der Waals surface area (Å²) in [5, 5.41) is 26.4.